The average molecular weight is 771 g/mol. The third-order valence-corrected chi connectivity index (χ3v) is 12.7. The lowest BCUT2D eigenvalue weighted by atomic mass is 9.99. The van der Waals surface area contributed by atoms with Gasteiger partial charge in [0.15, 0.2) is 0 Å². The van der Waals surface area contributed by atoms with Gasteiger partial charge in [0.25, 0.3) is 0 Å². The van der Waals surface area contributed by atoms with Crippen LogP contribution in [0.1, 0.15) is 0 Å². The first kappa shape index (κ1) is 33.6. The SMILES string of the molecule is c1ccc(-c2ccc(-c3nc(-n4c5ccc6ccccc6c5c5cccc(-c6ccc7c(c6)N(c6ccccc6)c6ccccc6S7)c54)nc4ccccc34)cc2)cc1. The molecule has 0 atom stereocenters. The molecule has 4 nitrogen and oxygen atoms in total. The fraction of sp³-hybridized carbons (Fsp3) is 0. The van der Waals surface area contributed by atoms with Crippen LogP contribution in [0.2, 0.25) is 0 Å². The van der Waals surface area contributed by atoms with E-state index in [0.29, 0.717) is 5.95 Å². The van der Waals surface area contributed by atoms with Gasteiger partial charge in [-0.2, -0.15) is 0 Å². The van der Waals surface area contributed by atoms with Crippen LogP contribution in [0.15, 0.2) is 216 Å². The van der Waals surface area contributed by atoms with Crippen molar-refractivity contribution >= 4 is 72.3 Å². The second-order valence-electron chi connectivity index (χ2n) is 15.0. The van der Waals surface area contributed by atoms with Crippen molar-refractivity contribution in [2.24, 2.45) is 0 Å². The average Bonchev–Trinajstić information content (AvgIpc) is 3.66. The van der Waals surface area contributed by atoms with Crippen molar-refractivity contribution in [2.45, 2.75) is 9.79 Å². The summed E-state index contributed by atoms with van der Waals surface area (Å²) < 4.78 is 2.30. The molecule has 9 aromatic carbocycles. The molecular formula is C54H34N4S. The van der Waals surface area contributed by atoms with Gasteiger partial charge in [0.05, 0.1) is 33.6 Å². The van der Waals surface area contributed by atoms with Gasteiger partial charge < -0.3 is 4.90 Å². The van der Waals surface area contributed by atoms with Crippen LogP contribution in [0, 0.1) is 0 Å². The standard InChI is InChI=1S/C54H34N4S/c1-3-14-35(15-4-1)36-26-28-38(29-27-36)52-43-20-9-10-23-45(43)55-54(56-52)58-47-32-30-37-16-7-8-19-41(37)51(47)44-22-13-21-42(53(44)58)39-31-33-50-48(34-39)57(40-17-5-2-6-18-40)46-24-11-12-25-49(46)59-50/h1-34H. The number of rotatable bonds is 5. The van der Waals surface area contributed by atoms with Gasteiger partial charge in [0.1, 0.15) is 0 Å². The maximum Gasteiger partial charge on any atom is 0.235 e. The topological polar surface area (TPSA) is 34.0 Å². The molecule has 0 aliphatic carbocycles. The maximum atomic E-state index is 5.52. The molecule has 0 spiro atoms. The Morgan fingerprint density at radius 2 is 1.08 bits per heavy atom. The second kappa shape index (κ2) is 13.6. The first-order valence-corrected chi connectivity index (χ1v) is 20.7. The molecule has 3 heterocycles. The van der Waals surface area contributed by atoms with Crippen molar-refractivity contribution in [3.63, 3.8) is 0 Å². The summed E-state index contributed by atoms with van der Waals surface area (Å²) in [5.74, 6) is 0.641. The first-order chi connectivity index (χ1) is 29.3. The number of benzene rings is 9. The number of anilines is 3. The van der Waals surface area contributed by atoms with Gasteiger partial charge in [-0.3, -0.25) is 4.57 Å². The van der Waals surface area contributed by atoms with E-state index in [1.54, 1.807) is 0 Å². The maximum absolute atomic E-state index is 5.52. The lowest BCUT2D eigenvalue weighted by molar-refractivity contribution is 1.01. The highest BCUT2D eigenvalue weighted by molar-refractivity contribution is 7.99. The number of fused-ring (bicyclic) bond motifs is 8. The van der Waals surface area contributed by atoms with E-state index >= 15 is 0 Å². The van der Waals surface area contributed by atoms with Crippen LogP contribution in [0.3, 0.4) is 0 Å². The molecule has 5 heteroatoms. The highest BCUT2D eigenvalue weighted by atomic mass is 32.2. The predicted octanol–water partition coefficient (Wildman–Crippen LogP) is 14.8. The Labute approximate surface area is 345 Å². The van der Waals surface area contributed by atoms with E-state index in [9.17, 15) is 0 Å². The van der Waals surface area contributed by atoms with E-state index in [1.807, 2.05) is 11.8 Å². The number of nitrogens with zero attached hydrogens (tertiary/aromatic N) is 4. The van der Waals surface area contributed by atoms with Crippen molar-refractivity contribution in [3.05, 3.63) is 206 Å². The molecule has 0 radical (unpaired) electrons. The Morgan fingerprint density at radius 3 is 1.95 bits per heavy atom. The fourth-order valence-electron chi connectivity index (χ4n) is 8.89. The zero-order valence-corrected chi connectivity index (χ0v) is 32.6. The minimum Gasteiger partial charge on any atom is -0.308 e. The van der Waals surface area contributed by atoms with E-state index in [1.165, 1.54) is 42.8 Å². The van der Waals surface area contributed by atoms with Crippen LogP contribution in [-0.2, 0) is 0 Å². The number of aromatic nitrogens is 3. The van der Waals surface area contributed by atoms with Crippen molar-refractivity contribution in [3.8, 4) is 39.5 Å². The summed E-state index contributed by atoms with van der Waals surface area (Å²) in [5.41, 5.74) is 13.1. The molecule has 11 aromatic rings. The molecular weight excluding hydrogens is 737 g/mol. The van der Waals surface area contributed by atoms with E-state index in [-0.39, 0.29) is 0 Å². The van der Waals surface area contributed by atoms with Crippen LogP contribution < -0.4 is 4.90 Å². The zero-order chi connectivity index (χ0) is 38.9. The van der Waals surface area contributed by atoms with E-state index in [0.717, 1.165) is 61.1 Å². The molecule has 2 aromatic heterocycles. The smallest absolute Gasteiger partial charge is 0.235 e. The Balaban J connectivity index is 1.12. The third-order valence-electron chi connectivity index (χ3n) is 11.6. The molecule has 59 heavy (non-hydrogen) atoms. The summed E-state index contributed by atoms with van der Waals surface area (Å²) in [5, 5.41) is 5.78. The summed E-state index contributed by atoms with van der Waals surface area (Å²) in [6.07, 6.45) is 0. The molecule has 0 saturated carbocycles. The Bertz CT molecular complexity index is 3410. The van der Waals surface area contributed by atoms with Crippen molar-refractivity contribution < 1.29 is 0 Å². The summed E-state index contributed by atoms with van der Waals surface area (Å²) in [6, 6.07) is 73.8. The first-order valence-electron chi connectivity index (χ1n) is 19.9. The van der Waals surface area contributed by atoms with Gasteiger partial charge in [-0.1, -0.05) is 169 Å². The lowest BCUT2D eigenvalue weighted by Crippen LogP contribution is -2.14. The minimum atomic E-state index is 0.641. The Kier molecular flexibility index (Phi) is 7.75. The van der Waals surface area contributed by atoms with Gasteiger partial charge in [0, 0.05) is 42.8 Å². The molecule has 1 aliphatic rings. The zero-order valence-electron chi connectivity index (χ0n) is 31.8. The van der Waals surface area contributed by atoms with Gasteiger partial charge in [-0.15, -0.1) is 0 Å². The monoisotopic (exact) mass is 770 g/mol. The largest absolute Gasteiger partial charge is 0.308 e. The van der Waals surface area contributed by atoms with Gasteiger partial charge in [-0.25, -0.2) is 9.97 Å². The quantitative estimate of drug-likeness (QED) is 0.175. The van der Waals surface area contributed by atoms with E-state index in [4.69, 9.17) is 9.97 Å². The van der Waals surface area contributed by atoms with Crippen molar-refractivity contribution in [1.82, 2.24) is 14.5 Å². The fourth-order valence-corrected chi connectivity index (χ4v) is 9.93. The van der Waals surface area contributed by atoms with Crippen LogP contribution >= 0.6 is 11.8 Å². The molecule has 12 rings (SSSR count). The predicted molar refractivity (Wildman–Crippen MR) is 246 cm³/mol. The molecule has 0 unspecified atom stereocenters. The van der Waals surface area contributed by atoms with Crippen LogP contribution in [0.4, 0.5) is 17.1 Å². The summed E-state index contributed by atoms with van der Waals surface area (Å²) >= 11 is 1.83. The summed E-state index contributed by atoms with van der Waals surface area (Å²) in [4.78, 5) is 15.7. The third kappa shape index (κ3) is 5.47. The summed E-state index contributed by atoms with van der Waals surface area (Å²) in [6.45, 7) is 0. The number of hydrogen-bond acceptors (Lipinski definition) is 4. The van der Waals surface area contributed by atoms with Crippen molar-refractivity contribution in [2.75, 3.05) is 4.90 Å². The van der Waals surface area contributed by atoms with Crippen LogP contribution in [-0.4, -0.2) is 14.5 Å². The molecule has 1 aliphatic heterocycles. The molecule has 0 N–H and O–H groups in total. The Hall–Kier alpha value is -7.47. The van der Waals surface area contributed by atoms with Gasteiger partial charge in [0.2, 0.25) is 5.95 Å². The molecule has 0 bridgehead atoms. The Morgan fingerprint density at radius 1 is 0.424 bits per heavy atom. The van der Waals surface area contributed by atoms with Crippen molar-refractivity contribution in [1.29, 1.82) is 0 Å². The van der Waals surface area contributed by atoms with Crippen LogP contribution in [0.5, 0.6) is 0 Å². The van der Waals surface area contributed by atoms with Gasteiger partial charge in [-0.05, 0) is 76.0 Å². The minimum absolute atomic E-state index is 0.641. The second-order valence-corrected chi connectivity index (χ2v) is 16.1. The highest BCUT2D eigenvalue weighted by Gasteiger charge is 2.27. The number of para-hydroxylation sites is 4. The van der Waals surface area contributed by atoms with E-state index in [2.05, 4.69) is 216 Å². The van der Waals surface area contributed by atoms with Crippen LogP contribution in [0.25, 0.3) is 82.9 Å². The highest BCUT2D eigenvalue weighted by Crippen LogP contribution is 2.53. The summed E-state index contributed by atoms with van der Waals surface area (Å²) in [7, 11) is 0. The number of hydrogen-bond donors (Lipinski definition) is 0. The molecule has 0 saturated heterocycles. The van der Waals surface area contributed by atoms with Gasteiger partial charge >= 0.3 is 0 Å². The molecule has 0 amide bonds. The lowest BCUT2D eigenvalue weighted by Gasteiger charge is -2.33. The van der Waals surface area contributed by atoms with E-state index < -0.39 is 0 Å². The molecule has 0 fully saturated rings. The molecule has 276 valence electrons. The normalized spacial score (nSPS) is 12.3.